The number of nitrogens with one attached hydrogen (secondary N) is 1. The molecule has 0 aliphatic carbocycles. The van der Waals surface area contributed by atoms with Gasteiger partial charge < -0.3 is 19.0 Å². The molecule has 8 nitrogen and oxygen atoms in total. The minimum absolute atomic E-state index is 0.428. The van der Waals surface area contributed by atoms with E-state index in [1.165, 1.54) is 0 Å². The van der Waals surface area contributed by atoms with Gasteiger partial charge in [0, 0.05) is 17.5 Å². The molecular formula is C24H29N3O5. The number of hydrazine groups is 1. The van der Waals surface area contributed by atoms with Crippen LogP contribution in [-0.4, -0.2) is 35.9 Å². The van der Waals surface area contributed by atoms with Crippen molar-refractivity contribution in [3.8, 4) is 17.2 Å². The molecule has 2 aliphatic rings. The lowest BCUT2D eigenvalue weighted by atomic mass is 10.1. The Bertz CT molecular complexity index is 1050. The van der Waals surface area contributed by atoms with Gasteiger partial charge in [-0.25, -0.2) is 15.2 Å². The predicted octanol–water partition coefficient (Wildman–Crippen LogP) is 4.46. The third-order valence-corrected chi connectivity index (χ3v) is 5.68. The fraction of sp³-hybridized carbons (Fsp3) is 0.417. The molecule has 170 valence electrons. The van der Waals surface area contributed by atoms with Crippen LogP contribution in [0, 0.1) is 13.8 Å². The summed E-state index contributed by atoms with van der Waals surface area (Å²) in [5, 5.41) is 5.91. The van der Waals surface area contributed by atoms with Crippen molar-refractivity contribution in [1.82, 2.24) is 10.4 Å². The number of oxime groups is 1. The third-order valence-electron chi connectivity index (χ3n) is 5.68. The maximum absolute atomic E-state index is 13.0. The summed E-state index contributed by atoms with van der Waals surface area (Å²) in [5.41, 5.74) is 5.83. The highest BCUT2D eigenvalue weighted by Gasteiger charge is 2.43. The van der Waals surface area contributed by atoms with Gasteiger partial charge in [-0.1, -0.05) is 36.2 Å². The summed E-state index contributed by atoms with van der Waals surface area (Å²) in [6, 6.07) is 9.58. The monoisotopic (exact) mass is 439 g/mol. The lowest BCUT2D eigenvalue weighted by molar-refractivity contribution is -0.0999. The Morgan fingerprint density at radius 2 is 1.88 bits per heavy atom. The molecule has 2 aromatic rings. The first-order valence-corrected chi connectivity index (χ1v) is 10.9. The van der Waals surface area contributed by atoms with Crippen molar-refractivity contribution in [2.45, 2.75) is 53.2 Å². The van der Waals surface area contributed by atoms with E-state index < -0.39 is 11.8 Å². The van der Waals surface area contributed by atoms with Gasteiger partial charge in [-0.3, -0.25) is 0 Å². The number of carbonyl (C=O) groups is 1. The molecular weight excluding hydrogens is 410 g/mol. The number of hydrogen-bond donors (Lipinski definition) is 1. The van der Waals surface area contributed by atoms with Crippen LogP contribution in [0.15, 0.2) is 35.5 Å². The van der Waals surface area contributed by atoms with E-state index in [0.717, 1.165) is 22.3 Å². The highest BCUT2D eigenvalue weighted by Crippen LogP contribution is 2.40. The van der Waals surface area contributed by atoms with Gasteiger partial charge in [0.25, 0.3) is 0 Å². The van der Waals surface area contributed by atoms with E-state index in [9.17, 15) is 4.79 Å². The number of aryl methyl sites for hydroxylation is 2. The van der Waals surface area contributed by atoms with Crippen LogP contribution >= 0.6 is 0 Å². The Labute approximate surface area is 188 Å². The zero-order valence-corrected chi connectivity index (χ0v) is 19.2. The summed E-state index contributed by atoms with van der Waals surface area (Å²) in [6.07, 6.45) is 0.581. The van der Waals surface area contributed by atoms with Crippen LogP contribution in [0.1, 0.15) is 49.4 Å². The van der Waals surface area contributed by atoms with Crippen molar-refractivity contribution in [3.05, 3.63) is 52.6 Å². The standard InChI is InChI=1S/C24H29N3O5/c1-6-18-19(8-9-20-21(18)30-11-10-29-20)31-23(28)25-27-22(26-32-24(27,5)7-2)17-13-15(3)12-16(4)14-17/h8-9,12-14H,6-7,10-11H2,1-5H3,(H,25,28). The molecule has 1 atom stereocenters. The van der Waals surface area contributed by atoms with Crippen LogP contribution in [-0.2, 0) is 11.3 Å². The fourth-order valence-corrected chi connectivity index (χ4v) is 3.93. The van der Waals surface area contributed by atoms with Crippen LogP contribution in [0.2, 0.25) is 0 Å². The largest absolute Gasteiger partial charge is 0.486 e. The van der Waals surface area contributed by atoms with E-state index in [1.807, 2.05) is 46.8 Å². The Morgan fingerprint density at radius 1 is 1.16 bits per heavy atom. The Morgan fingerprint density at radius 3 is 2.56 bits per heavy atom. The quantitative estimate of drug-likeness (QED) is 0.741. The van der Waals surface area contributed by atoms with Gasteiger partial charge in [0.2, 0.25) is 5.72 Å². The van der Waals surface area contributed by atoms with Crippen molar-refractivity contribution in [2.24, 2.45) is 5.16 Å². The van der Waals surface area contributed by atoms with Crippen LogP contribution in [0.3, 0.4) is 0 Å². The van der Waals surface area contributed by atoms with Crippen molar-refractivity contribution < 1.29 is 23.8 Å². The number of hydrogen-bond acceptors (Lipinski definition) is 7. The highest BCUT2D eigenvalue weighted by atomic mass is 16.7. The van der Waals surface area contributed by atoms with Crippen molar-refractivity contribution >= 4 is 11.9 Å². The van der Waals surface area contributed by atoms with Crippen LogP contribution in [0.4, 0.5) is 4.79 Å². The molecule has 1 unspecified atom stereocenters. The predicted molar refractivity (Wildman–Crippen MR) is 120 cm³/mol. The molecule has 2 aliphatic heterocycles. The number of benzene rings is 2. The van der Waals surface area contributed by atoms with Crippen molar-refractivity contribution in [1.29, 1.82) is 0 Å². The van der Waals surface area contributed by atoms with Gasteiger partial charge in [-0.2, -0.15) is 0 Å². The molecule has 1 N–H and O–H groups in total. The summed E-state index contributed by atoms with van der Waals surface area (Å²) >= 11 is 0. The van der Waals surface area contributed by atoms with Gasteiger partial charge in [0.1, 0.15) is 19.0 Å². The molecule has 0 spiro atoms. The topological polar surface area (TPSA) is 81.6 Å². The summed E-state index contributed by atoms with van der Waals surface area (Å²) < 4.78 is 17.1. The normalized spacial score (nSPS) is 19.3. The summed E-state index contributed by atoms with van der Waals surface area (Å²) in [4.78, 5) is 18.7. The number of ether oxygens (including phenoxy) is 3. The minimum atomic E-state index is -0.841. The van der Waals surface area contributed by atoms with Crippen LogP contribution in [0.5, 0.6) is 17.2 Å². The minimum Gasteiger partial charge on any atom is -0.486 e. The Kier molecular flexibility index (Phi) is 5.86. The lowest BCUT2D eigenvalue weighted by Gasteiger charge is -2.33. The number of rotatable bonds is 5. The van der Waals surface area contributed by atoms with Crippen molar-refractivity contribution in [2.75, 3.05) is 13.2 Å². The smallest absolute Gasteiger partial charge is 0.431 e. The van der Waals surface area contributed by atoms with E-state index in [-0.39, 0.29) is 0 Å². The third kappa shape index (κ3) is 4.04. The first kappa shape index (κ1) is 21.8. The summed E-state index contributed by atoms with van der Waals surface area (Å²) in [5.74, 6) is 2.24. The molecule has 0 bridgehead atoms. The van der Waals surface area contributed by atoms with Crippen LogP contribution < -0.4 is 19.6 Å². The molecule has 8 heteroatoms. The fourth-order valence-electron chi connectivity index (χ4n) is 3.93. The van der Waals surface area contributed by atoms with E-state index in [4.69, 9.17) is 19.0 Å². The molecule has 0 saturated carbocycles. The average molecular weight is 440 g/mol. The zero-order valence-electron chi connectivity index (χ0n) is 19.2. The Hall–Kier alpha value is -3.42. The molecule has 2 heterocycles. The highest BCUT2D eigenvalue weighted by molar-refractivity contribution is 6.00. The first-order chi connectivity index (χ1) is 15.3. The SMILES string of the molecule is CCc1c(OC(=O)NN2C(c3cc(C)cc(C)c3)=NOC2(C)CC)ccc2c1OCCO2. The number of amides is 1. The van der Waals surface area contributed by atoms with Crippen LogP contribution in [0.25, 0.3) is 0 Å². The maximum atomic E-state index is 13.0. The second-order valence-corrected chi connectivity index (χ2v) is 8.17. The number of nitrogens with zero attached hydrogens (tertiary/aromatic N) is 2. The summed E-state index contributed by atoms with van der Waals surface area (Å²) in [6.45, 7) is 10.8. The molecule has 0 fully saturated rings. The molecule has 0 radical (unpaired) electrons. The van der Waals surface area contributed by atoms with E-state index in [1.54, 1.807) is 17.1 Å². The number of fused-ring (bicyclic) bond motifs is 1. The second-order valence-electron chi connectivity index (χ2n) is 8.17. The van der Waals surface area contributed by atoms with E-state index in [2.05, 4.69) is 16.6 Å². The Balaban J connectivity index is 1.58. The van der Waals surface area contributed by atoms with Crippen molar-refractivity contribution in [3.63, 3.8) is 0 Å². The average Bonchev–Trinajstić information content (AvgIpc) is 3.09. The summed E-state index contributed by atoms with van der Waals surface area (Å²) in [7, 11) is 0. The molecule has 0 saturated heterocycles. The number of amidine groups is 1. The second kappa shape index (κ2) is 8.61. The van der Waals surface area contributed by atoms with Gasteiger partial charge in [0.05, 0.1) is 0 Å². The maximum Gasteiger partial charge on any atom is 0.431 e. The molecule has 0 aromatic heterocycles. The van der Waals surface area contributed by atoms with Gasteiger partial charge >= 0.3 is 6.09 Å². The zero-order chi connectivity index (χ0) is 22.9. The molecule has 4 rings (SSSR count). The molecule has 32 heavy (non-hydrogen) atoms. The van der Waals surface area contributed by atoms with E-state index in [0.29, 0.717) is 49.1 Å². The van der Waals surface area contributed by atoms with E-state index >= 15 is 0 Å². The lowest BCUT2D eigenvalue weighted by Crippen LogP contribution is -2.56. The number of carbonyl (C=O) groups excluding carboxylic acids is 1. The molecule has 2 aromatic carbocycles. The van der Waals surface area contributed by atoms with Gasteiger partial charge in [-0.05, 0) is 51.5 Å². The molecule has 1 amide bonds. The van der Waals surface area contributed by atoms with Gasteiger partial charge in [0.15, 0.2) is 17.3 Å². The first-order valence-electron chi connectivity index (χ1n) is 10.9. The van der Waals surface area contributed by atoms with Gasteiger partial charge in [-0.15, -0.1) is 0 Å².